The Morgan fingerprint density at radius 2 is 1.80 bits per heavy atom. The molecule has 0 aliphatic rings. The van der Waals surface area contributed by atoms with Crippen LogP contribution in [-0.2, 0) is 9.59 Å². The van der Waals surface area contributed by atoms with Gasteiger partial charge in [-0.2, -0.15) is 0 Å². The van der Waals surface area contributed by atoms with E-state index >= 15 is 0 Å². The first-order valence-corrected chi connectivity index (χ1v) is 2.13. The van der Waals surface area contributed by atoms with Crippen LogP contribution in [0.3, 0.4) is 0 Å². The Kier molecular flexibility index (Phi) is 6.99. The van der Waals surface area contributed by atoms with Gasteiger partial charge in [0.1, 0.15) is 0 Å². The van der Waals surface area contributed by atoms with Crippen LogP contribution in [0.15, 0.2) is 0 Å². The van der Waals surface area contributed by atoms with Crippen LogP contribution in [0.25, 0.3) is 0 Å². The summed E-state index contributed by atoms with van der Waals surface area (Å²) in [7, 11) is 0. The molecule has 0 aliphatic heterocycles. The molecule has 54 valence electrons. The molecule has 0 saturated carbocycles. The molecule has 0 amide bonds. The Morgan fingerprint density at radius 3 is 1.90 bits per heavy atom. The number of aliphatic hydroxyl groups is 1. The number of rotatable bonds is 3. The normalized spacial score (nSPS) is 11.3. The molecular formula is C4H4O5Pb. The van der Waals surface area contributed by atoms with E-state index in [4.69, 9.17) is 5.11 Å². The van der Waals surface area contributed by atoms with E-state index in [1.807, 2.05) is 0 Å². The molecule has 6 heteroatoms. The molecule has 0 bridgehead atoms. The summed E-state index contributed by atoms with van der Waals surface area (Å²) in [5.41, 5.74) is 0. The summed E-state index contributed by atoms with van der Waals surface area (Å²) < 4.78 is 0. The van der Waals surface area contributed by atoms with Crippen molar-refractivity contribution in [2.24, 2.45) is 0 Å². The largest absolute Gasteiger partial charge is 2.00 e. The minimum Gasteiger partial charge on any atom is -0.550 e. The first-order chi connectivity index (χ1) is 4.04. The standard InChI is InChI=1S/C4H6O5.Pb/c5-2(4(8)9)1-3(6)7;/h2,5H,1H2,(H,6,7)(H,8,9);/q;+2/p-2/t2-;/m1./s1. The van der Waals surface area contributed by atoms with E-state index in [1.54, 1.807) is 0 Å². The zero-order chi connectivity index (χ0) is 7.44. The van der Waals surface area contributed by atoms with Crippen molar-refractivity contribution < 1.29 is 24.9 Å². The van der Waals surface area contributed by atoms with Crippen molar-refractivity contribution in [1.29, 1.82) is 0 Å². The monoisotopic (exact) mass is 340 g/mol. The summed E-state index contributed by atoms with van der Waals surface area (Å²) in [5, 5.41) is 27.3. The second-order valence-corrected chi connectivity index (χ2v) is 1.41. The van der Waals surface area contributed by atoms with Crippen LogP contribution < -0.4 is 10.2 Å². The van der Waals surface area contributed by atoms with Gasteiger partial charge in [0.05, 0.1) is 12.1 Å². The third kappa shape index (κ3) is 5.95. The van der Waals surface area contributed by atoms with Crippen molar-refractivity contribution in [1.82, 2.24) is 0 Å². The fraction of sp³-hybridized carbons (Fsp3) is 0.500. The predicted octanol–water partition coefficient (Wildman–Crippen LogP) is -4.14. The Morgan fingerprint density at radius 1 is 1.40 bits per heavy atom. The molecule has 0 heterocycles. The molecule has 0 aromatic rings. The molecule has 10 heavy (non-hydrogen) atoms. The van der Waals surface area contributed by atoms with Gasteiger partial charge in [-0.25, -0.2) is 0 Å². The van der Waals surface area contributed by atoms with Crippen LogP contribution in [-0.4, -0.2) is 50.4 Å². The van der Waals surface area contributed by atoms with Crippen LogP contribution in [0.2, 0.25) is 0 Å². The van der Waals surface area contributed by atoms with Gasteiger partial charge in [-0.1, -0.05) is 0 Å². The van der Waals surface area contributed by atoms with Crippen LogP contribution >= 0.6 is 0 Å². The Labute approximate surface area is 76.8 Å². The molecule has 0 rings (SSSR count). The van der Waals surface area contributed by atoms with E-state index < -0.39 is 24.5 Å². The summed E-state index contributed by atoms with van der Waals surface area (Å²) in [6.07, 6.45) is -2.89. The van der Waals surface area contributed by atoms with E-state index in [1.165, 1.54) is 0 Å². The first kappa shape index (κ1) is 12.5. The zero-order valence-corrected chi connectivity index (χ0v) is 8.75. The van der Waals surface area contributed by atoms with Gasteiger partial charge < -0.3 is 24.9 Å². The molecule has 0 spiro atoms. The van der Waals surface area contributed by atoms with Gasteiger partial charge in [-0.15, -0.1) is 0 Å². The predicted molar refractivity (Wildman–Crippen MR) is 26.4 cm³/mol. The van der Waals surface area contributed by atoms with E-state index in [0.29, 0.717) is 0 Å². The van der Waals surface area contributed by atoms with Gasteiger partial charge in [0.15, 0.2) is 0 Å². The fourth-order valence-electron chi connectivity index (χ4n) is 0.241. The van der Waals surface area contributed by atoms with Gasteiger partial charge >= 0.3 is 27.3 Å². The SMILES string of the molecule is O=C([O-])C[C@@H](O)C(=O)[O-].[Pb+2]. The molecule has 1 atom stereocenters. The van der Waals surface area contributed by atoms with Crippen molar-refractivity contribution in [2.45, 2.75) is 12.5 Å². The Balaban J connectivity index is 0. The topological polar surface area (TPSA) is 100 Å². The quantitative estimate of drug-likeness (QED) is 0.526. The molecule has 1 N–H and O–H groups in total. The van der Waals surface area contributed by atoms with Gasteiger partial charge in [-0.05, 0) is 0 Å². The first-order valence-electron chi connectivity index (χ1n) is 2.13. The third-order valence-electron chi connectivity index (χ3n) is 0.632. The van der Waals surface area contributed by atoms with Crippen molar-refractivity contribution in [2.75, 3.05) is 0 Å². The minimum absolute atomic E-state index is 0. The summed E-state index contributed by atoms with van der Waals surface area (Å²) in [6, 6.07) is 0. The fourth-order valence-corrected chi connectivity index (χ4v) is 0.241. The number of aliphatic carboxylic acids is 2. The van der Waals surface area contributed by atoms with Gasteiger partial charge in [0.25, 0.3) is 0 Å². The molecule has 5 nitrogen and oxygen atoms in total. The van der Waals surface area contributed by atoms with E-state index in [-0.39, 0.29) is 27.3 Å². The smallest absolute Gasteiger partial charge is 0.550 e. The second-order valence-electron chi connectivity index (χ2n) is 1.41. The van der Waals surface area contributed by atoms with Crippen LogP contribution in [0.1, 0.15) is 6.42 Å². The van der Waals surface area contributed by atoms with Crippen LogP contribution in [0.5, 0.6) is 0 Å². The van der Waals surface area contributed by atoms with Crippen molar-refractivity contribution in [3.8, 4) is 0 Å². The molecule has 0 aromatic heterocycles. The second kappa shape index (κ2) is 5.60. The number of carbonyl (C=O) groups excluding carboxylic acids is 2. The summed E-state index contributed by atoms with van der Waals surface area (Å²) in [6.45, 7) is 0. The maximum Gasteiger partial charge on any atom is 2.00 e. The summed E-state index contributed by atoms with van der Waals surface area (Å²) in [5.74, 6) is -3.43. The average molecular weight is 339 g/mol. The van der Waals surface area contributed by atoms with E-state index in [2.05, 4.69) is 0 Å². The maximum absolute atomic E-state index is 9.58. The van der Waals surface area contributed by atoms with Crippen molar-refractivity contribution in [3.05, 3.63) is 0 Å². The van der Waals surface area contributed by atoms with E-state index in [9.17, 15) is 19.8 Å². The third-order valence-corrected chi connectivity index (χ3v) is 0.632. The summed E-state index contributed by atoms with van der Waals surface area (Å²) >= 11 is 0. The van der Waals surface area contributed by atoms with Gasteiger partial charge in [0, 0.05) is 12.4 Å². The molecule has 0 saturated heterocycles. The van der Waals surface area contributed by atoms with Crippen molar-refractivity contribution in [3.63, 3.8) is 0 Å². The molecule has 0 aromatic carbocycles. The Bertz CT molecular complexity index is 134. The number of hydrogen-bond donors (Lipinski definition) is 1. The Hall–Kier alpha value is -0.178. The van der Waals surface area contributed by atoms with Crippen LogP contribution in [0.4, 0.5) is 0 Å². The number of carboxylic acids is 2. The number of carboxylic acid groups (broad SMARTS) is 2. The van der Waals surface area contributed by atoms with Gasteiger partial charge in [0.2, 0.25) is 0 Å². The maximum atomic E-state index is 9.58. The molecule has 0 unspecified atom stereocenters. The molecule has 0 fully saturated rings. The molecular weight excluding hydrogens is 335 g/mol. The van der Waals surface area contributed by atoms with E-state index in [0.717, 1.165) is 0 Å². The van der Waals surface area contributed by atoms with Gasteiger partial charge in [-0.3, -0.25) is 0 Å². The molecule has 2 radical (unpaired) electrons. The number of aliphatic hydroxyl groups excluding tert-OH is 1. The minimum atomic E-state index is -1.96. The van der Waals surface area contributed by atoms with Crippen LogP contribution in [0, 0.1) is 0 Å². The van der Waals surface area contributed by atoms with Crippen molar-refractivity contribution >= 4 is 39.2 Å². The summed E-state index contributed by atoms with van der Waals surface area (Å²) in [4.78, 5) is 19.1. The number of hydrogen-bond acceptors (Lipinski definition) is 5. The zero-order valence-electron chi connectivity index (χ0n) is 4.86. The average Bonchev–Trinajstić information content (AvgIpc) is 1.63. The molecule has 0 aliphatic carbocycles. The number of carbonyl (C=O) groups is 2.